The van der Waals surface area contributed by atoms with Crippen molar-refractivity contribution in [3.8, 4) is 0 Å². The highest BCUT2D eigenvalue weighted by molar-refractivity contribution is 6.33. The van der Waals surface area contributed by atoms with Crippen LogP contribution in [0.3, 0.4) is 0 Å². The van der Waals surface area contributed by atoms with Crippen LogP contribution in [0.5, 0.6) is 0 Å². The molecule has 1 amide bonds. The van der Waals surface area contributed by atoms with Gasteiger partial charge in [-0.2, -0.15) is 0 Å². The Hall–Kier alpha value is -1.26. The lowest BCUT2D eigenvalue weighted by atomic mass is 10.1. The first-order valence-corrected chi connectivity index (χ1v) is 6.73. The highest BCUT2D eigenvalue weighted by Crippen LogP contribution is 2.29. The van der Waals surface area contributed by atoms with Gasteiger partial charge in [0.15, 0.2) is 0 Å². The summed E-state index contributed by atoms with van der Waals surface area (Å²) in [5.74, 6) is -0.0530. The molecule has 4 nitrogen and oxygen atoms in total. The van der Waals surface area contributed by atoms with E-state index in [1.807, 2.05) is 44.1 Å². The van der Waals surface area contributed by atoms with Gasteiger partial charge in [0.25, 0.3) is 0 Å². The van der Waals surface area contributed by atoms with E-state index in [1.165, 1.54) is 0 Å². The van der Waals surface area contributed by atoms with Crippen LogP contribution >= 0.6 is 11.6 Å². The van der Waals surface area contributed by atoms with Crippen molar-refractivity contribution in [3.63, 3.8) is 0 Å². The van der Waals surface area contributed by atoms with E-state index in [1.54, 1.807) is 7.05 Å². The van der Waals surface area contributed by atoms with E-state index >= 15 is 0 Å². The van der Waals surface area contributed by atoms with Crippen LogP contribution in [0, 0.1) is 5.92 Å². The lowest BCUT2D eigenvalue weighted by Crippen LogP contribution is -2.35. The van der Waals surface area contributed by atoms with E-state index < -0.39 is 0 Å². The average molecular weight is 284 g/mol. The Morgan fingerprint density at radius 3 is 2.68 bits per heavy atom. The highest BCUT2D eigenvalue weighted by Gasteiger charge is 2.17. The van der Waals surface area contributed by atoms with Crippen molar-refractivity contribution in [2.75, 3.05) is 32.6 Å². The fourth-order valence-corrected chi connectivity index (χ4v) is 2.49. The first-order chi connectivity index (χ1) is 9.01. The number of amides is 1. The Balaban J connectivity index is 2.92. The summed E-state index contributed by atoms with van der Waals surface area (Å²) in [6.07, 6.45) is 0. The second-order valence-electron chi connectivity index (χ2n) is 4.67. The Kier molecular flexibility index (Phi) is 6.12. The third-order valence-electron chi connectivity index (χ3n) is 3.06. The zero-order valence-electron chi connectivity index (χ0n) is 12.0. The molecule has 0 aromatic heterocycles. The fraction of sp³-hybridized carbons (Fsp3) is 0.500. The first kappa shape index (κ1) is 15.8. The van der Waals surface area contributed by atoms with Crippen LogP contribution in [0.2, 0.25) is 5.02 Å². The number of para-hydroxylation sites is 1. The molecule has 0 saturated carbocycles. The predicted octanol–water partition coefficient (Wildman–Crippen LogP) is 1.88. The van der Waals surface area contributed by atoms with Crippen molar-refractivity contribution in [3.05, 3.63) is 28.8 Å². The van der Waals surface area contributed by atoms with Gasteiger partial charge in [0.05, 0.1) is 16.6 Å². The second kappa shape index (κ2) is 7.36. The van der Waals surface area contributed by atoms with Gasteiger partial charge in [-0.3, -0.25) is 4.79 Å². The van der Waals surface area contributed by atoms with Gasteiger partial charge in [-0.05, 0) is 18.7 Å². The van der Waals surface area contributed by atoms with E-state index in [2.05, 4.69) is 10.6 Å². The van der Waals surface area contributed by atoms with Crippen molar-refractivity contribution < 1.29 is 4.79 Å². The van der Waals surface area contributed by atoms with Gasteiger partial charge in [-0.15, -0.1) is 0 Å². The molecule has 0 radical (unpaired) electrons. The standard InChI is InChI=1S/C14H22ClN3O/c1-10(14(19)17-3)9-18(4)13-11(8-16-2)6-5-7-12(13)15/h5-7,10,16H,8-9H2,1-4H3,(H,17,19). The molecule has 1 aromatic rings. The predicted molar refractivity (Wildman–Crippen MR) is 80.7 cm³/mol. The molecule has 0 spiro atoms. The molecule has 106 valence electrons. The Bertz CT molecular complexity index is 437. The number of hydrogen-bond acceptors (Lipinski definition) is 3. The molecular formula is C14H22ClN3O. The van der Waals surface area contributed by atoms with Crippen LogP contribution in [0.25, 0.3) is 0 Å². The van der Waals surface area contributed by atoms with Crippen molar-refractivity contribution in [2.24, 2.45) is 5.92 Å². The monoisotopic (exact) mass is 283 g/mol. The number of carbonyl (C=O) groups excluding carboxylic acids is 1. The SMILES string of the molecule is CNCc1cccc(Cl)c1N(C)CC(C)C(=O)NC. The summed E-state index contributed by atoms with van der Waals surface area (Å²) in [6, 6.07) is 5.85. The fourth-order valence-electron chi connectivity index (χ4n) is 2.15. The molecule has 0 saturated heterocycles. The molecule has 1 unspecified atom stereocenters. The number of nitrogens with one attached hydrogen (secondary N) is 2. The summed E-state index contributed by atoms with van der Waals surface area (Å²) in [5.41, 5.74) is 2.11. The first-order valence-electron chi connectivity index (χ1n) is 6.36. The number of halogens is 1. The maximum absolute atomic E-state index is 11.6. The number of rotatable bonds is 6. The maximum Gasteiger partial charge on any atom is 0.224 e. The smallest absolute Gasteiger partial charge is 0.224 e. The number of hydrogen-bond donors (Lipinski definition) is 2. The van der Waals surface area contributed by atoms with Gasteiger partial charge in [0.1, 0.15) is 0 Å². The third-order valence-corrected chi connectivity index (χ3v) is 3.37. The van der Waals surface area contributed by atoms with Crippen LogP contribution in [0.1, 0.15) is 12.5 Å². The summed E-state index contributed by atoms with van der Waals surface area (Å²) in [7, 11) is 5.51. The molecule has 1 aromatic carbocycles. The summed E-state index contributed by atoms with van der Waals surface area (Å²) < 4.78 is 0. The minimum Gasteiger partial charge on any atom is -0.372 e. The molecule has 0 aliphatic carbocycles. The molecule has 2 N–H and O–H groups in total. The van der Waals surface area contributed by atoms with Crippen molar-refractivity contribution in [2.45, 2.75) is 13.5 Å². The van der Waals surface area contributed by atoms with Gasteiger partial charge in [-0.1, -0.05) is 30.7 Å². The summed E-state index contributed by atoms with van der Waals surface area (Å²) in [5, 5.41) is 6.50. The van der Waals surface area contributed by atoms with Gasteiger partial charge < -0.3 is 15.5 Å². The zero-order valence-corrected chi connectivity index (χ0v) is 12.7. The topological polar surface area (TPSA) is 44.4 Å². The summed E-state index contributed by atoms with van der Waals surface area (Å²) in [6.45, 7) is 3.28. The molecule has 0 aliphatic heterocycles. The van der Waals surface area contributed by atoms with Crippen molar-refractivity contribution >= 4 is 23.2 Å². The minimum absolute atomic E-state index is 0.0362. The zero-order chi connectivity index (χ0) is 14.4. The normalized spacial score (nSPS) is 12.1. The number of nitrogens with zero attached hydrogens (tertiary/aromatic N) is 1. The van der Waals surface area contributed by atoms with Crippen LogP contribution in [0.4, 0.5) is 5.69 Å². The molecule has 19 heavy (non-hydrogen) atoms. The molecule has 5 heteroatoms. The molecular weight excluding hydrogens is 262 g/mol. The maximum atomic E-state index is 11.6. The highest BCUT2D eigenvalue weighted by atomic mass is 35.5. The second-order valence-corrected chi connectivity index (χ2v) is 5.08. The molecule has 1 atom stereocenters. The Labute approximate surface area is 120 Å². The Morgan fingerprint density at radius 2 is 2.11 bits per heavy atom. The van der Waals surface area contributed by atoms with E-state index in [-0.39, 0.29) is 11.8 Å². The molecule has 0 heterocycles. The third kappa shape index (κ3) is 4.11. The summed E-state index contributed by atoms with van der Waals surface area (Å²) >= 11 is 6.29. The van der Waals surface area contributed by atoms with Crippen LogP contribution in [-0.4, -0.2) is 33.6 Å². The van der Waals surface area contributed by atoms with E-state index in [4.69, 9.17) is 11.6 Å². The van der Waals surface area contributed by atoms with Gasteiger partial charge >= 0.3 is 0 Å². The van der Waals surface area contributed by atoms with Crippen molar-refractivity contribution in [1.29, 1.82) is 0 Å². The van der Waals surface area contributed by atoms with Crippen LogP contribution in [-0.2, 0) is 11.3 Å². The van der Waals surface area contributed by atoms with Crippen LogP contribution in [0.15, 0.2) is 18.2 Å². The van der Waals surface area contributed by atoms with Gasteiger partial charge in [-0.25, -0.2) is 0 Å². The number of carbonyl (C=O) groups is 1. The summed E-state index contributed by atoms with van der Waals surface area (Å²) in [4.78, 5) is 13.6. The lowest BCUT2D eigenvalue weighted by Gasteiger charge is -2.26. The average Bonchev–Trinajstić information content (AvgIpc) is 2.38. The van der Waals surface area contributed by atoms with Crippen LogP contribution < -0.4 is 15.5 Å². The van der Waals surface area contributed by atoms with Gasteiger partial charge in [0.2, 0.25) is 5.91 Å². The molecule has 0 aliphatic rings. The largest absolute Gasteiger partial charge is 0.372 e. The van der Waals surface area contributed by atoms with E-state index in [9.17, 15) is 4.79 Å². The molecule has 0 bridgehead atoms. The number of anilines is 1. The molecule has 1 rings (SSSR count). The molecule has 0 fully saturated rings. The van der Waals surface area contributed by atoms with E-state index in [0.29, 0.717) is 11.6 Å². The number of benzene rings is 1. The van der Waals surface area contributed by atoms with E-state index in [0.717, 1.165) is 17.8 Å². The minimum atomic E-state index is -0.0892. The van der Waals surface area contributed by atoms with Crippen molar-refractivity contribution in [1.82, 2.24) is 10.6 Å². The Morgan fingerprint density at radius 1 is 1.42 bits per heavy atom. The van der Waals surface area contributed by atoms with Gasteiger partial charge in [0, 0.05) is 27.2 Å². The quantitative estimate of drug-likeness (QED) is 0.838. The lowest BCUT2D eigenvalue weighted by molar-refractivity contribution is -0.123.